The van der Waals surface area contributed by atoms with Gasteiger partial charge >= 0.3 is 0 Å². The molecular formula is C16H25N3O3. The Kier molecular flexibility index (Phi) is 4.09. The molecule has 4 unspecified atom stereocenters. The van der Waals surface area contributed by atoms with E-state index < -0.39 is 0 Å². The first kappa shape index (κ1) is 15.6. The van der Waals surface area contributed by atoms with Crippen molar-refractivity contribution in [3.8, 4) is 0 Å². The van der Waals surface area contributed by atoms with Gasteiger partial charge in [0.2, 0.25) is 5.95 Å². The van der Waals surface area contributed by atoms with Crippen LogP contribution in [0, 0.1) is 0 Å². The van der Waals surface area contributed by atoms with Gasteiger partial charge < -0.3 is 19.1 Å². The average molecular weight is 307 g/mol. The van der Waals surface area contributed by atoms with Crippen LogP contribution in [0.4, 0.5) is 5.95 Å². The second kappa shape index (κ2) is 5.76. The van der Waals surface area contributed by atoms with E-state index in [1.54, 1.807) is 7.11 Å². The van der Waals surface area contributed by atoms with Gasteiger partial charge in [0.1, 0.15) is 18.3 Å². The molecule has 2 fully saturated rings. The normalized spacial score (nSPS) is 31.3. The van der Waals surface area contributed by atoms with Crippen molar-refractivity contribution in [2.45, 2.75) is 50.5 Å². The monoisotopic (exact) mass is 307 g/mol. The molecule has 0 amide bonds. The van der Waals surface area contributed by atoms with E-state index >= 15 is 0 Å². The zero-order valence-electron chi connectivity index (χ0n) is 13.9. The summed E-state index contributed by atoms with van der Waals surface area (Å²) in [5, 5.41) is 0. The Morgan fingerprint density at radius 3 is 2.64 bits per heavy atom. The summed E-state index contributed by atoms with van der Waals surface area (Å²) >= 11 is 0. The van der Waals surface area contributed by atoms with Crippen molar-refractivity contribution >= 4 is 5.95 Å². The molecule has 22 heavy (non-hydrogen) atoms. The van der Waals surface area contributed by atoms with Gasteiger partial charge in [-0.05, 0) is 6.07 Å². The van der Waals surface area contributed by atoms with E-state index in [9.17, 15) is 0 Å². The Morgan fingerprint density at radius 1 is 1.23 bits per heavy atom. The van der Waals surface area contributed by atoms with Gasteiger partial charge in [0.25, 0.3) is 0 Å². The highest BCUT2D eigenvalue weighted by molar-refractivity contribution is 5.34. The minimum Gasteiger partial charge on any atom is -0.376 e. The van der Waals surface area contributed by atoms with E-state index in [2.05, 4.69) is 30.7 Å². The smallest absolute Gasteiger partial charge is 0.225 e. The van der Waals surface area contributed by atoms with Crippen LogP contribution in [-0.2, 0) is 19.6 Å². The number of rotatable bonds is 3. The molecule has 0 aliphatic carbocycles. The fourth-order valence-electron chi connectivity index (χ4n) is 3.06. The van der Waals surface area contributed by atoms with Crippen LogP contribution < -0.4 is 4.90 Å². The lowest BCUT2D eigenvalue weighted by Crippen LogP contribution is -2.43. The summed E-state index contributed by atoms with van der Waals surface area (Å²) in [6.07, 6.45) is 1.85. The van der Waals surface area contributed by atoms with Gasteiger partial charge in [-0.15, -0.1) is 0 Å². The summed E-state index contributed by atoms with van der Waals surface area (Å²) in [7, 11) is 3.70. The fourth-order valence-corrected chi connectivity index (χ4v) is 3.06. The fraction of sp³-hybridized carbons (Fsp3) is 0.750. The molecule has 6 nitrogen and oxygen atoms in total. The molecule has 1 aromatic rings. The Hall–Kier alpha value is -1.24. The molecule has 6 heteroatoms. The third-order valence-corrected chi connectivity index (χ3v) is 4.51. The predicted molar refractivity (Wildman–Crippen MR) is 83.2 cm³/mol. The zero-order chi connectivity index (χ0) is 15.9. The molecule has 2 saturated heterocycles. The number of hydrogen-bond acceptors (Lipinski definition) is 6. The lowest BCUT2D eigenvalue weighted by molar-refractivity contribution is -0.00783. The molecule has 1 aromatic heterocycles. The number of fused-ring (bicyclic) bond motifs is 1. The SMILES string of the molecule is COC1COC2C1OCC2N(C)c1nccc(C(C)(C)C)n1. The number of likely N-dealkylation sites (N-methyl/N-ethyl adjacent to an activating group) is 1. The molecule has 3 rings (SSSR count). The topological polar surface area (TPSA) is 56.7 Å². The summed E-state index contributed by atoms with van der Waals surface area (Å²) in [5.74, 6) is 0.714. The van der Waals surface area contributed by atoms with E-state index in [1.165, 1.54) is 0 Å². The van der Waals surface area contributed by atoms with Crippen molar-refractivity contribution in [3.63, 3.8) is 0 Å². The first-order valence-electron chi connectivity index (χ1n) is 7.74. The molecule has 0 bridgehead atoms. The maximum atomic E-state index is 5.89. The van der Waals surface area contributed by atoms with Crippen LogP contribution in [0.15, 0.2) is 12.3 Å². The molecule has 122 valence electrons. The van der Waals surface area contributed by atoms with Gasteiger partial charge in [-0.3, -0.25) is 0 Å². The molecular weight excluding hydrogens is 282 g/mol. The van der Waals surface area contributed by atoms with Crippen LogP contribution in [0.5, 0.6) is 0 Å². The van der Waals surface area contributed by atoms with Crippen LogP contribution >= 0.6 is 0 Å². The predicted octanol–water partition coefficient (Wildman–Crippen LogP) is 1.39. The highest BCUT2D eigenvalue weighted by Crippen LogP contribution is 2.32. The number of methoxy groups -OCH3 is 1. The van der Waals surface area contributed by atoms with Gasteiger partial charge in [0.05, 0.1) is 24.9 Å². The first-order valence-corrected chi connectivity index (χ1v) is 7.74. The number of ether oxygens (including phenoxy) is 3. The number of anilines is 1. The summed E-state index contributed by atoms with van der Waals surface area (Å²) in [5.41, 5.74) is 1.03. The second-order valence-electron chi connectivity index (χ2n) is 7.04. The Morgan fingerprint density at radius 2 is 1.95 bits per heavy atom. The Labute approximate surface area is 131 Å². The third kappa shape index (κ3) is 2.71. The van der Waals surface area contributed by atoms with Crippen LogP contribution in [0.2, 0.25) is 0 Å². The minimum absolute atomic E-state index is 0.00174. The average Bonchev–Trinajstić information content (AvgIpc) is 3.07. The van der Waals surface area contributed by atoms with Crippen LogP contribution in [0.1, 0.15) is 26.5 Å². The Bertz CT molecular complexity index is 532. The number of aromatic nitrogens is 2. The summed E-state index contributed by atoms with van der Waals surface area (Å²) < 4.78 is 17.2. The Balaban J connectivity index is 1.79. The van der Waals surface area contributed by atoms with Gasteiger partial charge in [-0.25, -0.2) is 9.97 Å². The number of hydrogen-bond donors (Lipinski definition) is 0. The van der Waals surface area contributed by atoms with Gasteiger partial charge in [-0.2, -0.15) is 0 Å². The molecule has 0 radical (unpaired) electrons. The molecule has 4 atom stereocenters. The van der Waals surface area contributed by atoms with Crippen molar-refractivity contribution in [1.29, 1.82) is 0 Å². The van der Waals surface area contributed by atoms with Crippen molar-refractivity contribution in [2.24, 2.45) is 0 Å². The van der Waals surface area contributed by atoms with E-state index in [4.69, 9.17) is 19.2 Å². The van der Waals surface area contributed by atoms with Crippen molar-refractivity contribution in [1.82, 2.24) is 9.97 Å². The van der Waals surface area contributed by atoms with E-state index in [0.717, 1.165) is 5.69 Å². The van der Waals surface area contributed by atoms with Gasteiger partial charge in [-0.1, -0.05) is 20.8 Å². The standard InChI is InChI=1S/C16H25N3O3/c1-16(2,3)12-6-7-17-15(18-12)19(4)10-8-21-14-11(20-5)9-22-13(10)14/h6-7,10-11,13-14H,8-9H2,1-5H3. The highest BCUT2D eigenvalue weighted by atomic mass is 16.6. The molecule has 3 heterocycles. The summed E-state index contributed by atoms with van der Waals surface area (Å²) in [6.45, 7) is 7.64. The van der Waals surface area contributed by atoms with Crippen LogP contribution in [0.3, 0.4) is 0 Å². The van der Waals surface area contributed by atoms with Crippen LogP contribution in [0.25, 0.3) is 0 Å². The maximum Gasteiger partial charge on any atom is 0.225 e. The molecule has 0 aromatic carbocycles. The second-order valence-corrected chi connectivity index (χ2v) is 7.04. The molecule has 0 saturated carbocycles. The summed E-state index contributed by atoms with van der Waals surface area (Å²) in [4.78, 5) is 11.2. The third-order valence-electron chi connectivity index (χ3n) is 4.51. The zero-order valence-corrected chi connectivity index (χ0v) is 13.9. The van der Waals surface area contributed by atoms with E-state index in [0.29, 0.717) is 19.2 Å². The molecule has 2 aliphatic rings. The van der Waals surface area contributed by atoms with Crippen molar-refractivity contribution in [2.75, 3.05) is 32.3 Å². The summed E-state index contributed by atoms with van der Waals surface area (Å²) in [6, 6.07) is 2.08. The quantitative estimate of drug-likeness (QED) is 0.841. The molecule has 0 N–H and O–H groups in total. The lowest BCUT2D eigenvalue weighted by Gasteiger charge is -2.28. The molecule has 0 spiro atoms. The molecule has 2 aliphatic heterocycles. The number of nitrogens with zero attached hydrogens (tertiary/aromatic N) is 3. The lowest BCUT2D eigenvalue weighted by atomic mass is 9.92. The highest BCUT2D eigenvalue weighted by Gasteiger charge is 2.49. The van der Waals surface area contributed by atoms with E-state index in [-0.39, 0.29) is 29.8 Å². The largest absolute Gasteiger partial charge is 0.376 e. The van der Waals surface area contributed by atoms with Gasteiger partial charge in [0, 0.05) is 25.8 Å². The van der Waals surface area contributed by atoms with E-state index in [1.807, 2.05) is 19.3 Å². The first-order chi connectivity index (χ1) is 10.4. The minimum atomic E-state index is -0.00174. The van der Waals surface area contributed by atoms with Crippen molar-refractivity contribution in [3.05, 3.63) is 18.0 Å². The maximum absolute atomic E-state index is 5.89. The van der Waals surface area contributed by atoms with Crippen LogP contribution in [-0.4, -0.2) is 61.7 Å². The van der Waals surface area contributed by atoms with Crippen molar-refractivity contribution < 1.29 is 14.2 Å². The van der Waals surface area contributed by atoms with Gasteiger partial charge in [0.15, 0.2) is 0 Å².